The van der Waals surface area contributed by atoms with Crippen molar-refractivity contribution in [3.63, 3.8) is 0 Å². The predicted molar refractivity (Wildman–Crippen MR) is 91.9 cm³/mol. The van der Waals surface area contributed by atoms with E-state index in [1.165, 1.54) is 32.1 Å². The van der Waals surface area contributed by atoms with Crippen LogP contribution in [0.2, 0.25) is 0 Å². The number of ether oxygens (including phenoxy) is 1. The molecule has 4 rings (SSSR count). The number of rotatable bonds is 3. The van der Waals surface area contributed by atoms with Gasteiger partial charge in [-0.15, -0.1) is 10.2 Å². The van der Waals surface area contributed by atoms with E-state index in [2.05, 4.69) is 20.8 Å². The Hall–Kier alpha value is -2.21. The number of carbonyl (C=O) groups is 1. The molecule has 0 radical (unpaired) electrons. The average Bonchev–Trinajstić information content (AvgIpc) is 2.59. The van der Waals surface area contributed by atoms with E-state index in [9.17, 15) is 4.79 Å². The highest BCUT2D eigenvalue weighted by Crippen LogP contribution is 2.43. The third kappa shape index (κ3) is 3.19. The highest BCUT2D eigenvalue weighted by atomic mass is 16.5. The third-order valence-electron chi connectivity index (χ3n) is 5.07. The van der Waals surface area contributed by atoms with Gasteiger partial charge in [0, 0.05) is 11.9 Å². The van der Waals surface area contributed by atoms with Gasteiger partial charge in [0.1, 0.15) is 0 Å². The normalized spacial score (nSPS) is 22.1. The lowest BCUT2D eigenvalue weighted by Crippen LogP contribution is -2.49. The predicted octanol–water partition coefficient (Wildman–Crippen LogP) is 3.24. The zero-order chi connectivity index (χ0) is 16.4. The zero-order valence-electron chi connectivity index (χ0n) is 13.6. The SMILES string of the molecule is O=C(NCC1CCCC2(CCC2)O1)Nc1cc2ccccc2nn1. The van der Waals surface area contributed by atoms with Gasteiger partial charge in [0.25, 0.3) is 0 Å². The molecule has 1 unspecified atom stereocenters. The maximum absolute atomic E-state index is 12.1. The fourth-order valence-corrected chi connectivity index (χ4v) is 3.62. The van der Waals surface area contributed by atoms with Gasteiger partial charge in [-0.1, -0.05) is 18.2 Å². The Morgan fingerprint density at radius 1 is 1.21 bits per heavy atom. The molecule has 2 N–H and O–H groups in total. The summed E-state index contributed by atoms with van der Waals surface area (Å²) < 4.78 is 6.20. The van der Waals surface area contributed by atoms with Crippen LogP contribution >= 0.6 is 0 Å². The van der Waals surface area contributed by atoms with E-state index in [0.717, 1.165) is 17.3 Å². The molecule has 1 atom stereocenters. The van der Waals surface area contributed by atoms with Crippen LogP contribution in [0.5, 0.6) is 0 Å². The Kier molecular flexibility index (Phi) is 4.06. The van der Waals surface area contributed by atoms with Crippen molar-refractivity contribution in [2.24, 2.45) is 0 Å². The van der Waals surface area contributed by atoms with Crippen molar-refractivity contribution < 1.29 is 9.53 Å². The molecule has 6 nitrogen and oxygen atoms in total. The number of benzene rings is 1. The number of amides is 2. The van der Waals surface area contributed by atoms with Gasteiger partial charge in [-0.3, -0.25) is 5.32 Å². The lowest BCUT2D eigenvalue weighted by molar-refractivity contribution is -0.166. The number of nitrogens with zero attached hydrogens (tertiary/aromatic N) is 2. The molecule has 1 aliphatic heterocycles. The average molecular weight is 326 g/mol. The molecule has 24 heavy (non-hydrogen) atoms. The molecular weight excluding hydrogens is 304 g/mol. The van der Waals surface area contributed by atoms with Gasteiger partial charge in [0.15, 0.2) is 5.82 Å². The summed E-state index contributed by atoms with van der Waals surface area (Å²) in [4.78, 5) is 12.1. The number of fused-ring (bicyclic) bond motifs is 1. The van der Waals surface area contributed by atoms with Crippen molar-refractivity contribution in [2.45, 2.75) is 50.2 Å². The number of hydrogen-bond acceptors (Lipinski definition) is 4. The van der Waals surface area contributed by atoms with Crippen LogP contribution in [0.25, 0.3) is 10.9 Å². The minimum atomic E-state index is -0.267. The molecule has 1 aromatic carbocycles. The summed E-state index contributed by atoms with van der Waals surface area (Å²) in [6, 6.07) is 9.24. The first kappa shape index (κ1) is 15.3. The first-order valence-electron chi connectivity index (χ1n) is 8.68. The van der Waals surface area contributed by atoms with E-state index in [0.29, 0.717) is 12.4 Å². The lowest BCUT2D eigenvalue weighted by Gasteiger charge is -2.47. The summed E-state index contributed by atoms with van der Waals surface area (Å²) in [5.74, 6) is 0.450. The number of anilines is 1. The van der Waals surface area contributed by atoms with Crippen LogP contribution < -0.4 is 10.6 Å². The van der Waals surface area contributed by atoms with E-state index in [1.807, 2.05) is 30.3 Å². The largest absolute Gasteiger partial charge is 0.370 e. The summed E-state index contributed by atoms with van der Waals surface area (Å²) >= 11 is 0. The van der Waals surface area contributed by atoms with E-state index in [1.54, 1.807) is 0 Å². The van der Waals surface area contributed by atoms with Gasteiger partial charge in [-0.25, -0.2) is 4.79 Å². The third-order valence-corrected chi connectivity index (χ3v) is 5.07. The van der Waals surface area contributed by atoms with Crippen LogP contribution in [0, 0.1) is 0 Å². The highest BCUT2D eigenvalue weighted by molar-refractivity contribution is 5.90. The van der Waals surface area contributed by atoms with Gasteiger partial charge >= 0.3 is 6.03 Å². The molecule has 1 aliphatic carbocycles. The first-order chi connectivity index (χ1) is 11.7. The van der Waals surface area contributed by atoms with Gasteiger partial charge in [0.2, 0.25) is 0 Å². The van der Waals surface area contributed by atoms with Crippen LogP contribution in [-0.4, -0.2) is 34.5 Å². The summed E-state index contributed by atoms with van der Waals surface area (Å²) in [5, 5.41) is 14.7. The maximum Gasteiger partial charge on any atom is 0.320 e. The molecule has 126 valence electrons. The van der Waals surface area contributed by atoms with Gasteiger partial charge < -0.3 is 10.1 Å². The van der Waals surface area contributed by atoms with Crippen LogP contribution in [0.1, 0.15) is 38.5 Å². The Bertz CT molecular complexity index is 745. The van der Waals surface area contributed by atoms with E-state index in [-0.39, 0.29) is 17.7 Å². The fourth-order valence-electron chi connectivity index (χ4n) is 3.62. The molecule has 1 saturated carbocycles. The summed E-state index contributed by atoms with van der Waals surface area (Å²) in [5.41, 5.74) is 0.926. The van der Waals surface area contributed by atoms with Crippen LogP contribution in [-0.2, 0) is 4.74 Å². The number of urea groups is 1. The summed E-state index contributed by atoms with van der Waals surface area (Å²) in [6.45, 7) is 0.536. The van der Waals surface area contributed by atoms with Crippen molar-refractivity contribution >= 4 is 22.8 Å². The summed E-state index contributed by atoms with van der Waals surface area (Å²) in [7, 11) is 0. The zero-order valence-corrected chi connectivity index (χ0v) is 13.6. The molecule has 2 fully saturated rings. The second-order valence-corrected chi connectivity index (χ2v) is 6.79. The minimum Gasteiger partial charge on any atom is -0.370 e. The number of carbonyl (C=O) groups excluding carboxylic acids is 1. The Morgan fingerprint density at radius 2 is 2.04 bits per heavy atom. The second-order valence-electron chi connectivity index (χ2n) is 6.79. The van der Waals surface area contributed by atoms with Crippen molar-refractivity contribution in [2.75, 3.05) is 11.9 Å². The summed E-state index contributed by atoms with van der Waals surface area (Å²) in [6.07, 6.45) is 7.09. The van der Waals surface area contributed by atoms with Gasteiger partial charge in [-0.05, 0) is 50.7 Å². The van der Waals surface area contributed by atoms with Gasteiger partial charge in [-0.2, -0.15) is 0 Å². The quantitative estimate of drug-likeness (QED) is 0.908. The molecule has 0 bridgehead atoms. The molecule has 2 amide bonds. The minimum absolute atomic E-state index is 0.116. The van der Waals surface area contributed by atoms with E-state index in [4.69, 9.17) is 4.74 Å². The van der Waals surface area contributed by atoms with Crippen LogP contribution in [0.4, 0.5) is 10.6 Å². The number of nitrogens with one attached hydrogen (secondary N) is 2. The van der Waals surface area contributed by atoms with Crippen molar-refractivity contribution in [3.05, 3.63) is 30.3 Å². The maximum atomic E-state index is 12.1. The van der Waals surface area contributed by atoms with E-state index < -0.39 is 0 Å². The molecule has 6 heteroatoms. The topological polar surface area (TPSA) is 76.1 Å². The number of aromatic nitrogens is 2. The van der Waals surface area contributed by atoms with Crippen molar-refractivity contribution in [1.82, 2.24) is 15.5 Å². The molecule has 2 heterocycles. The first-order valence-corrected chi connectivity index (χ1v) is 8.68. The van der Waals surface area contributed by atoms with E-state index >= 15 is 0 Å². The monoisotopic (exact) mass is 326 g/mol. The highest BCUT2D eigenvalue weighted by Gasteiger charge is 2.42. The lowest BCUT2D eigenvalue weighted by atomic mass is 9.74. The smallest absolute Gasteiger partial charge is 0.320 e. The van der Waals surface area contributed by atoms with Crippen LogP contribution in [0.3, 0.4) is 0 Å². The Morgan fingerprint density at radius 3 is 2.88 bits per heavy atom. The molecule has 1 saturated heterocycles. The molecular formula is C18H22N4O2. The Labute approximate surface area is 141 Å². The van der Waals surface area contributed by atoms with Crippen molar-refractivity contribution in [3.8, 4) is 0 Å². The Balaban J connectivity index is 1.31. The molecule has 1 aromatic heterocycles. The second kappa shape index (κ2) is 6.36. The molecule has 2 aliphatic rings. The number of hydrogen-bond donors (Lipinski definition) is 2. The fraction of sp³-hybridized carbons (Fsp3) is 0.500. The van der Waals surface area contributed by atoms with Crippen molar-refractivity contribution in [1.29, 1.82) is 0 Å². The molecule has 2 aromatic rings. The standard InChI is InChI=1S/C18H22N4O2/c23-17(19-12-14-6-3-8-18(24-14)9-4-10-18)20-16-11-13-5-1-2-7-15(13)21-22-16/h1-2,5,7,11,14H,3-4,6,8-10,12H2,(H2,19,20,22,23). The van der Waals surface area contributed by atoms with Gasteiger partial charge in [0.05, 0.1) is 17.2 Å². The molecule has 1 spiro atoms. The van der Waals surface area contributed by atoms with Crippen LogP contribution in [0.15, 0.2) is 30.3 Å².